The van der Waals surface area contributed by atoms with Crippen molar-refractivity contribution in [3.05, 3.63) is 45.9 Å². The fourth-order valence-electron chi connectivity index (χ4n) is 2.47. The monoisotopic (exact) mass is 382 g/mol. The van der Waals surface area contributed by atoms with E-state index < -0.39 is 23.0 Å². The number of thiazole rings is 1. The lowest BCUT2D eigenvalue weighted by Gasteiger charge is -2.06. The van der Waals surface area contributed by atoms with Crippen LogP contribution in [0.3, 0.4) is 0 Å². The van der Waals surface area contributed by atoms with Crippen LogP contribution in [0.2, 0.25) is 0 Å². The lowest BCUT2D eigenvalue weighted by Crippen LogP contribution is -2.21. The van der Waals surface area contributed by atoms with Crippen LogP contribution in [0.25, 0.3) is 15.3 Å². The maximum atomic E-state index is 13.5. The molecule has 0 amide bonds. The quantitative estimate of drug-likeness (QED) is 0.686. The number of hydrogen-bond acceptors (Lipinski definition) is 4. The summed E-state index contributed by atoms with van der Waals surface area (Å²) in [6.45, 7) is 5.57. The van der Waals surface area contributed by atoms with E-state index in [4.69, 9.17) is 0 Å². The highest BCUT2D eigenvalue weighted by Crippen LogP contribution is 2.31. The molecule has 1 aromatic carbocycles. The Morgan fingerprint density at radius 1 is 1.35 bits per heavy atom. The third-order valence-corrected chi connectivity index (χ3v) is 4.72. The number of halogens is 3. The number of nitrogens with zero attached hydrogens (tertiary/aromatic N) is 3. The van der Waals surface area contributed by atoms with Gasteiger partial charge >= 0.3 is 6.18 Å². The topological polar surface area (TPSA) is 63.0 Å². The molecule has 9 heteroatoms. The van der Waals surface area contributed by atoms with Crippen LogP contribution in [-0.4, -0.2) is 27.0 Å². The zero-order valence-corrected chi connectivity index (χ0v) is 15.2. The van der Waals surface area contributed by atoms with Gasteiger partial charge in [0.2, 0.25) is 5.13 Å². The van der Waals surface area contributed by atoms with Crippen molar-refractivity contribution in [3.8, 4) is 5.13 Å². The Kier molecular flexibility index (Phi) is 4.74. The zero-order valence-electron chi connectivity index (χ0n) is 14.4. The van der Waals surface area contributed by atoms with Gasteiger partial charge in [0.1, 0.15) is 0 Å². The van der Waals surface area contributed by atoms with Crippen molar-refractivity contribution in [3.63, 3.8) is 0 Å². The van der Waals surface area contributed by atoms with Crippen LogP contribution in [-0.2, 0) is 6.18 Å². The molecule has 138 valence electrons. The number of aromatic amines is 1. The fraction of sp³-hybridized carbons (Fsp3) is 0.353. The summed E-state index contributed by atoms with van der Waals surface area (Å²) in [4.78, 5) is 21.1. The lowest BCUT2D eigenvalue weighted by molar-refractivity contribution is -0.141. The van der Waals surface area contributed by atoms with Crippen molar-refractivity contribution < 1.29 is 13.2 Å². The van der Waals surface area contributed by atoms with Gasteiger partial charge in [0.25, 0.3) is 5.56 Å². The molecular formula is C17H17F3N4OS. The van der Waals surface area contributed by atoms with Crippen molar-refractivity contribution in [2.45, 2.75) is 26.9 Å². The molecule has 2 aromatic heterocycles. The minimum atomic E-state index is -4.70. The second-order valence-electron chi connectivity index (χ2n) is 6.28. The van der Waals surface area contributed by atoms with E-state index >= 15 is 0 Å². The molecule has 0 atom stereocenters. The molecule has 5 nitrogen and oxygen atoms in total. The summed E-state index contributed by atoms with van der Waals surface area (Å²) in [5.74, 6) is 0.171. The number of alkyl halides is 3. The summed E-state index contributed by atoms with van der Waals surface area (Å²) in [6.07, 6.45) is -4.70. The summed E-state index contributed by atoms with van der Waals surface area (Å²) >= 11 is 1.14. The SMILES string of the molecule is CC(=NCC(C)C)c1c(C(F)(F)F)[nH]n(-c2nc3ccccc3s2)c1=O. The summed E-state index contributed by atoms with van der Waals surface area (Å²) in [7, 11) is 0. The van der Waals surface area contributed by atoms with E-state index in [-0.39, 0.29) is 16.8 Å². The first-order chi connectivity index (χ1) is 12.2. The van der Waals surface area contributed by atoms with Crippen LogP contribution >= 0.6 is 11.3 Å². The van der Waals surface area contributed by atoms with Gasteiger partial charge in [-0.15, -0.1) is 0 Å². The first kappa shape index (κ1) is 18.4. The van der Waals surface area contributed by atoms with Crippen molar-refractivity contribution in [2.75, 3.05) is 6.54 Å². The molecule has 2 heterocycles. The number of H-pyrrole nitrogens is 1. The highest BCUT2D eigenvalue weighted by Gasteiger charge is 2.39. The third-order valence-electron chi connectivity index (χ3n) is 3.70. The number of benzene rings is 1. The minimum absolute atomic E-state index is 0.0622. The number of hydrogen-bond donors (Lipinski definition) is 1. The normalized spacial score (nSPS) is 13.1. The summed E-state index contributed by atoms with van der Waals surface area (Å²) < 4.78 is 42.0. The number of rotatable bonds is 4. The molecule has 0 spiro atoms. The van der Waals surface area contributed by atoms with E-state index in [1.807, 2.05) is 13.8 Å². The van der Waals surface area contributed by atoms with Gasteiger partial charge < -0.3 is 0 Å². The van der Waals surface area contributed by atoms with Crippen molar-refractivity contribution in [1.29, 1.82) is 0 Å². The van der Waals surface area contributed by atoms with Gasteiger partial charge in [-0.1, -0.05) is 37.3 Å². The Balaban J connectivity index is 2.19. The van der Waals surface area contributed by atoms with Gasteiger partial charge in [-0.3, -0.25) is 14.9 Å². The molecule has 0 radical (unpaired) electrons. The molecule has 0 saturated carbocycles. The molecule has 1 N–H and O–H groups in total. The van der Waals surface area contributed by atoms with Crippen LogP contribution in [0.15, 0.2) is 34.1 Å². The number of para-hydroxylation sites is 1. The maximum absolute atomic E-state index is 13.5. The Hall–Kier alpha value is -2.42. The Morgan fingerprint density at radius 2 is 2.04 bits per heavy atom. The third kappa shape index (κ3) is 3.44. The van der Waals surface area contributed by atoms with Gasteiger partial charge in [0, 0.05) is 12.3 Å². The summed E-state index contributed by atoms with van der Waals surface area (Å²) in [5, 5.41) is 2.34. The molecule has 3 rings (SSSR count). The Labute approximate surface area is 151 Å². The summed E-state index contributed by atoms with van der Waals surface area (Å²) in [6, 6.07) is 7.12. The number of fused-ring (bicyclic) bond motifs is 1. The van der Waals surface area contributed by atoms with E-state index in [0.29, 0.717) is 12.1 Å². The average Bonchev–Trinajstić information content (AvgIpc) is 3.12. The van der Waals surface area contributed by atoms with Gasteiger partial charge in [-0.25, -0.2) is 4.98 Å². The van der Waals surface area contributed by atoms with E-state index in [1.165, 1.54) is 6.92 Å². The molecule has 0 aliphatic heterocycles. The number of aliphatic imine (C=N–C) groups is 1. The highest BCUT2D eigenvalue weighted by molar-refractivity contribution is 7.20. The van der Waals surface area contributed by atoms with Crippen LogP contribution in [0.5, 0.6) is 0 Å². The molecule has 0 aliphatic carbocycles. The standard InChI is InChI=1S/C17H17F3N4OS/c1-9(2)8-21-10(3)13-14(17(18,19)20)23-24(15(13)25)16-22-11-6-4-5-7-12(11)26-16/h4-7,9,23H,8H2,1-3H3. The minimum Gasteiger partial charge on any atom is -0.289 e. The molecule has 0 bridgehead atoms. The molecule has 0 saturated heterocycles. The molecule has 0 fully saturated rings. The second kappa shape index (κ2) is 6.71. The molecule has 0 aliphatic rings. The maximum Gasteiger partial charge on any atom is 0.433 e. The van der Waals surface area contributed by atoms with Gasteiger partial charge in [0.05, 0.1) is 15.8 Å². The first-order valence-electron chi connectivity index (χ1n) is 7.98. The highest BCUT2D eigenvalue weighted by atomic mass is 32.1. The van der Waals surface area contributed by atoms with Gasteiger partial charge in [-0.2, -0.15) is 17.9 Å². The lowest BCUT2D eigenvalue weighted by atomic mass is 10.1. The second-order valence-corrected chi connectivity index (χ2v) is 7.29. The molecular weight excluding hydrogens is 365 g/mol. The zero-order chi connectivity index (χ0) is 19.1. The number of aromatic nitrogens is 3. The van der Waals surface area contributed by atoms with Crippen LogP contribution in [0.1, 0.15) is 32.0 Å². The largest absolute Gasteiger partial charge is 0.433 e. The van der Waals surface area contributed by atoms with Crippen LogP contribution in [0, 0.1) is 5.92 Å². The van der Waals surface area contributed by atoms with Gasteiger partial charge in [0.15, 0.2) is 5.69 Å². The fourth-order valence-corrected chi connectivity index (χ4v) is 3.39. The predicted octanol–water partition coefficient (Wildman–Crippen LogP) is 4.26. The van der Waals surface area contributed by atoms with E-state index in [1.54, 1.807) is 24.3 Å². The van der Waals surface area contributed by atoms with E-state index in [2.05, 4.69) is 15.1 Å². The van der Waals surface area contributed by atoms with Gasteiger partial charge in [-0.05, 0) is 25.0 Å². The Morgan fingerprint density at radius 3 is 2.65 bits per heavy atom. The van der Waals surface area contributed by atoms with Crippen molar-refractivity contribution in [2.24, 2.45) is 10.9 Å². The summed E-state index contributed by atoms with van der Waals surface area (Å²) in [5.41, 5.74) is -1.69. The van der Waals surface area contributed by atoms with E-state index in [0.717, 1.165) is 20.7 Å². The van der Waals surface area contributed by atoms with Crippen molar-refractivity contribution in [1.82, 2.24) is 14.8 Å². The van der Waals surface area contributed by atoms with Crippen LogP contribution in [0.4, 0.5) is 13.2 Å². The predicted molar refractivity (Wildman–Crippen MR) is 96.5 cm³/mol. The molecule has 3 aromatic rings. The average molecular weight is 382 g/mol. The van der Waals surface area contributed by atoms with E-state index in [9.17, 15) is 18.0 Å². The van der Waals surface area contributed by atoms with Crippen LogP contribution < -0.4 is 5.56 Å². The smallest absolute Gasteiger partial charge is 0.289 e. The first-order valence-corrected chi connectivity index (χ1v) is 8.79. The molecule has 26 heavy (non-hydrogen) atoms. The number of nitrogens with one attached hydrogen (secondary N) is 1. The van der Waals surface area contributed by atoms with Crippen molar-refractivity contribution >= 4 is 27.3 Å². The molecule has 0 unspecified atom stereocenters. The Bertz CT molecular complexity index is 994.